The Bertz CT molecular complexity index is 385. The van der Waals surface area contributed by atoms with Crippen molar-refractivity contribution >= 4 is 17.4 Å². The zero-order valence-electron chi connectivity index (χ0n) is 10.9. The van der Waals surface area contributed by atoms with E-state index in [0.717, 1.165) is 25.1 Å². The lowest BCUT2D eigenvalue weighted by Gasteiger charge is -2.21. The number of hydrogen-bond donors (Lipinski definition) is 1. The highest BCUT2D eigenvalue weighted by molar-refractivity contribution is 7.08. The standard InChI is InChI=1S/C13H21N3OS/c1-2-6-11-12(18-16-15-11)13(17)14-9-10-7-4-3-5-8-10/h10H,2-9H2,1H3,(H,14,17). The molecule has 1 aromatic rings. The smallest absolute Gasteiger partial charge is 0.264 e. The number of nitrogens with zero attached hydrogens (tertiary/aromatic N) is 2. The lowest BCUT2D eigenvalue weighted by Crippen LogP contribution is -2.30. The molecule has 1 aromatic heterocycles. The summed E-state index contributed by atoms with van der Waals surface area (Å²) < 4.78 is 3.89. The first-order chi connectivity index (χ1) is 8.81. The summed E-state index contributed by atoms with van der Waals surface area (Å²) >= 11 is 1.21. The van der Waals surface area contributed by atoms with Crippen LogP contribution in [0, 0.1) is 5.92 Å². The average Bonchev–Trinajstić information content (AvgIpc) is 2.86. The fourth-order valence-corrected chi connectivity index (χ4v) is 3.11. The molecule has 4 nitrogen and oxygen atoms in total. The van der Waals surface area contributed by atoms with E-state index in [4.69, 9.17) is 0 Å². The quantitative estimate of drug-likeness (QED) is 0.892. The molecule has 100 valence electrons. The third kappa shape index (κ3) is 3.51. The molecule has 18 heavy (non-hydrogen) atoms. The van der Waals surface area contributed by atoms with Crippen molar-refractivity contribution in [3.8, 4) is 0 Å². The topological polar surface area (TPSA) is 54.9 Å². The van der Waals surface area contributed by atoms with E-state index in [-0.39, 0.29) is 5.91 Å². The lowest BCUT2D eigenvalue weighted by atomic mass is 9.89. The molecule has 5 heteroatoms. The Kier molecular flexibility index (Phi) is 5.11. The van der Waals surface area contributed by atoms with Crippen molar-refractivity contribution < 1.29 is 4.79 Å². The van der Waals surface area contributed by atoms with Crippen LogP contribution in [0.3, 0.4) is 0 Å². The molecule has 0 aliphatic heterocycles. The second-order valence-electron chi connectivity index (χ2n) is 5.01. The van der Waals surface area contributed by atoms with Gasteiger partial charge in [-0.3, -0.25) is 4.79 Å². The summed E-state index contributed by atoms with van der Waals surface area (Å²) in [5, 5.41) is 7.07. The Morgan fingerprint density at radius 3 is 2.89 bits per heavy atom. The van der Waals surface area contributed by atoms with Gasteiger partial charge in [0.05, 0.1) is 5.69 Å². The third-order valence-corrected chi connectivity index (χ3v) is 4.29. The normalized spacial score (nSPS) is 16.7. The number of aryl methyl sites for hydroxylation is 1. The number of hydrogen-bond acceptors (Lipinski definition) is 4. The van der Waals surface area contributed by atoms with Crippen LogP contribution in [0.5, 0.6) is 0 Å². The highest BCUT2D eigenvalue weighted by Gasteiger charge is 2.18. The highest BCUT2D eigenvalue weighted by atomic mass is 32.1. The summed E-state index contributed by atoms with van der Waals surface area (Å²) in [6.45, 7) is 2.89. The van der Waals surface area contributed by atoms with Gasteiger partial charge in [-0.15, -0.1) is 5.10 Å². The fourth-order valence-electron chi connectivity index (χ4n) is 2.49. The van der Waals surface area contributed by atoms with Gasteiger partial charge in [0, 0.05) is 6.54 Å². The first kappa shape index (κ1) is 13.5. The number of rotatable bonds is 5. The van der Waals surface area contributed by atoms with Gasteiger partial charge in [-0.25, -0.2) is 0 Å². The van der Waals surface area contributed by atoms with Gasteiger partial charge < -0.3 is 5.32 Å². The van der Waals surface area contributed by atoms with Crippen molar-refractivity contribution in [2.45, 2.75) is 51.9 Å². The zero-order chi connectivity index (χ0) is 12.8. The molecule has 1 amide bonds. The van der Waals surface area contributed by atoms with Crippen LogP contribution in [0.1, 0.15) is 60.8 Å². The maximum absolute atomic E-state index is 12.1. The van der Waals surface area contributed by atoms with Gasteiger partial charge >= 0.3 is 0 Å². The van der Waals surface area contributed by atoms with Crippen molar-refractivity contribution in [2.24, 2.45) is 5.92 Å². The third-order valence-electron chi connectivity index (χ3n) is 3.52. The summed E-state index contributed by atoms with van der Waals surface area (Å²) in [5.41, 5.74) is 0.851. The van der Waals surface area contributed by atoms with Gasteiger partial charge in [0.25, 0.3) is 5.91 Å². The molecule has 0 spiro atoms. The highest BCUT2D eigenvalue weighted by Crippen LogP contribution is 2.23. The van der Waals surface area contributed by atoms with Crippen LogP contribution in [-0.2, 0) is 6.42 Å². The molecule has 0 aromatic carbocycles. The van der Waals surface area contributed by atoms with Crippen molar-refractivity contribution in [3.05, 3.63) is 10.6 Å². The van der Waals surface area contributed by atoms with Crippen molar-refractivity contribution in [2.75, 3.05) is 6.54 Å². The summed E-state index contributed by atoms with van der Waals surface area (Å²) in [6.07, 6.45) is 8.31. The number of amides is 1. The van der Waals surface area contributed by atoms with E-state index in [1.54, 1.807) is 0 Å². The molecule has 1 N–H and O–H groups in total. The molecule has 1 saturated carbocycles. The molecule has 2 rings (SSSR count). The first-order valence-corrected chi connectivity index (χ1v) is 7.68. The number of carbonyl (C=O) groups excluding carboxylic acids is 1. The molecule has 0 unspecified atom stereocenters. The van der Waals surface area contributed by atoms with Crippen molar-refractivity contribution in [1.82, 2.24) is 14.9 Å². The van der Waals surface area contributed by atoms with Gasteiger partial charge in [-0.1, -0.05) is 37.1 Å². The average molecular weight is 267 g/mol. The van der Waals surface area contributed by atoms with E-state index in [1.807, 2.05) is 0 Å². The Morgan fingerprint density at radius 2 is 2.17 bits per heavy atom. The minimum Gasteiger partial charge on any atom is -0.351 e. The second kappa shape index (κ2) is 6.83. The van der Waals surface area contributed by atoms with Crippen LogP contribution in [0.2, 0.25) is 0 Å². The van der Waals surface area contributed by atoms with Gasteiger partial charge in [0.1, 0.15) is 4.88 Å². The maximum atomic E-state index is 12.1. The number of nitrogens with one attached hydrogen (secondary N) is 1. The summed E-state index contributed by atoms with van der Waals surface area (Å²) in [6, 6.07) is 0. The van der Waals surface area contributed by atoms with Crippen LogP contribution in [0.15, 0.2) is 0 Å². The largest absolute Gasteiger partial charge is 0.351 e. The Morgan fingerprint density at radius 1 is 1.39 bits per heavy atom. The SMILES string of the molecule is CCCc1nnsc1C(=O)NCC1CCCCC1. The molecule has 1 fully saturated rings. The molecule has 0 saturated heterocycles. The fraction of sp³-hybridized carbons (Fsp3) is 0.769. The van der Waals surface area contributed by atoms with Gasteiger partial charge in [-0.05, 0) is 36.7 Å². The summed E-state index contributed by atoms with van der Waals surface area (Å²) in [7, 11) is 0. The predicted octanol–water partition coefficient (Wildman–Crippen LogP) is 2.80. The van der Waals surface area contributed by atoms with Crippen LogP contribution in [0.25, 0.3) is 0 Å². The zero-order valence-corrected chi connectivity index (χ0v) is 11.8. The lowest BCUT2D eigenvalue weighted by molar-refractivity contribution is 0.0946. The Labute approximate surface area is 112 Å². The van der Waals surface area contributed by atoms with Gasteiger partial charge in [-0.2, -0.15) is 0 Å². The van der Waals surface area contributed by atoms with Crippen molar-refractivity contribution in [3.63, 3.8) is 0 Å². The van der Waals surface area contributed by atoms with E-state index in [1.165, 1.54) is 43.6 Å². The molecular weight excluding hydrogens is 246 g/mol. The van der Waals surface area contributed by atoms with E-state index in [9.17, 15) is 4.79 Å². The van der Waals surface area contributed by atoms with E-state index in [2.05, 4.69) is 21.8 Å². The van der Waals surface area contributed by atoms with Gasteiger partial charge in [0.15, 0.2) is 0 Å². The molecule has 1 aliphatic rings. The predicted molar refractivity (Wildman–Crippen MR) is 72.8 cm³/mol. The second-order valence-corrected chi connectivity index (χ2v) is 5.77. The summed E-state index contributed by atoms with van der Waals surface area (Å²) in [5.74, 6) is 0.678. The summed E-state index contributed by atoms with van der Waals surface area (Å²) in [4.78, 5) is 12.8. The van der Waals surface area contributed by atoms with E-state index in [0.29, 0.717) is 10.8 Å². The first-order valence-electron chi connectivity index (χ1n) is 6.90. The van der Waals surface area contributed by atoms with Crippen LogP contribution >= 0.6 is 11.5 Å². The molecule has 0 bridgehead atoms. The minimum absolute atomic E-state index is 0.0130. The molecule has 0 radical (unpaired) electrons. The number of aromatic nitrogens is 2. The monoisotopic (exact) mass is 267 g/mol. The van der Waals surface area contributed by atoms with E-state index < -0.39 is 0 Å². The molecular formula is C13H21N3OS. The number of carbonyl (C=O) groups is 1. The Hall–Kier alpha value is -0.970. The molecule has 0 atom stereocenters. The maximum Gasteiger partial charge on any atom is 0.264 e. The van der Waals surface area contributed by atoms with Crippen LogP contribution in [-0.4, -0.2) is 22.0 Å². The van der Waals surface area contributed by atoms with Crippen LogP contribution in [0.4, 0.5) is 0 Å². The Balaban J connectivity index is 1.84. The van der Waals surface area contributed by atoms with E-state index >= 15 is 0 Å². The van der Waals surface area contributed by atoms with Gasteiger partial charge in [0.2, 0.25) is 0 Å². The molecule has 1 aliphatic carbocycles. The minimum atomic E-state index is 0.0130. The van der Waals surface area contributed by atoms with Crippen LogP contribution < -0.4 is 5.32 Å². The molecule has 1 heterocycles. The van der Waals surface area contributed by atoms with Crippen molar-refractivity contribution in [1.29, 1.82) is 0 Å².